The molecule has 0 aliphatic carbocycles. The summed E-state index contributed by atoms with van der Waals surface area (Å²) in [5.41, 5.74) is -8.79. The topological polar surface area (TPSA) is 0 Å². The standard InChI is InChI=1S/C15H26F6/c1-7-11(5,8-2)13(16,15(19,20)21)14(17,18)12(6,9-3)10-4/h7-10H2,1-6H3. The van der Waals surface area contributed by atoms with Crippen molar-refractivity contribution >= 4 is 0 Å². The fourth-order valence-corrected chi connectivity index (χ4v) is 2.75. The zero-order valence-electron chi connectivity index (χ0n) is 13.6. The van der Waals surface area contributed by atoms with Gasteiger partial charge in [-0.05, 0) is 25.7 Å². The van der Waals surface area contributed by atoms with Crippen molar-refractivity contribution in [3.05, 3.63) is 0 Å². The summed E-state index contributed by atoms with van der Waals surface area (Å²) >= 11 is 0. The first kappa shape index (κ1) is 20.6. The van der Waals surface area contributed by atoms with Gasteiger partial charge < -0.3 is 0 Å². The van der Waals surface area contributed by atoms with Gasteiger partial charge in [-0.2, -0.15) is 13.2 Å². The van der Waals surface area contributed by atoms with E-state index in [1.54, 1.807) is 0 Å². The van der Waals surface area contributed by atoms with Gasteiger partial charge in [0.25, 0.3) is 11.6 Å². The van der Waals surface area contributed by atoms with E-state index >= 15 is 4.39 Å². The zero-order chi connectivity index (χ0) is 17.3. The van der Waals surface area contributed by atoms with Gasteiger partial charge in [0, 0.05) is 10.8 Å². The van der Waals surface area contributed by atoms with E-state index in [-0.39, 0.29) is 25.7 Å². The van der Waals surface area contributed by atoms with Crippen molar-refractivity contribution in [3.8, 4) is 0 Å². The largest absolute Gasteiger partial charge is 0.429 e. The van der Waals surface area contributed by atoms with E-state index in [0.29, 0.717) is 0 Å². The van der Waals surface area contributed by atoms with Crippen LogP contribution in [0.1, 0.15) is 67.2 Å². The molecule has 0 N–H and O–H groups in total. The fourth-order valence-electron chi connectivity index (χ4n) is 2.75. The van der Waals surface area contributed by atoms with Crippen molar-refractivity contribution in [2.75, 3.05) is 0 Å². The maximum absolute atomic E-state index is 15.1. The lowest BCUT2D eigenvalue weighted by Gasteiger charge is -2.52. The maximum atomic E-state index is 15.1. The molecule has 1 atom stereocenters. The van der Waals surface area contributed by atoms with E-state index in [4.69, 9.17) is 0 Å². The van der Waals surface area contributed by atoms with Gasteiger partial charge in [0.05, 0.1) is 0 Å². The molecule has 0 nitrogen and oxygen atoms in total. The van der Waals surface area contributed by atoms with Crippen molar-refractivity contribution in [1.29, 1.82) is 0 Å². The van der Waals surface area contributed by atoms with Crippen LogP contribution in [0.3, 0.4) is 0 Å². The monoisotopic (exact) mass is 320 g/mol. The van der Waals surface area contributed by atoms with Gasteiger partial charge in [0.1, 0.15) is 0 Å². The molecule has 0 amide bonds. The number of hydrogen-bond acceptors (Lipinski definition) is 0. The summed E-state index contributed by atoms with van der Waals surface area (Å²) in [4.78, 5) is 0. The van der Waals surface area contributed by atoms with Crippen molar-refractivity contribution < 1.29 is 26.3 Å². The summed E-state index contributed by atoms with van der Waals surface area (Å²) in [5.74, 6) is -4.51. The van der Waals surface area contributed by atoms with Crippen LogP contribution in [0.5, 0.6) is 0 Å². The van der Waals surface area contributed by atoms with E-state index < -0.39 is 28.6 Å². The van der Waals surface area contributed by atoms with Crippen LogP contribution in [0, 0.1) is 10.8 Å². The average molecular weight is 320 g/mol. The Labute approximate surface area is 123 Å². The van der Waals surface area contributed by atoms with Crippen LogP contribution in [0.25, 0.3) is 0 Å². The van der Waals surface area contributed by atoms with E-state index in [1.807, 2.05) is 0 Å². The molecule has 6 heteroatoms. The highest BCUT2D eigenvalue weighted by atomic mass is 19.4. The van der Waals surface area contributed by atoms with Crippen LogP contribution in [0.2, 0.25) is 0 Å². The van der Waals surface area contributed by atoms with Crippen LogP contribution >= 0.6 is 0 Å². The van der Waals surface area contributed by atoms with Crippen molar-refractivity contribution in [2.24, 2.45) is 10.8 Å². The van der Waals surface area contributed by atoms with Gasteiger partial charge >= 0.3 is 6.18 Å². The van der Waals surface area contributed by atoms with Crippen LogP contribution < -0.4 is 0 Å². The number of alkyl halides is 6. The third-order valence-electron chi connectivity index (χ3n) is 5.53. The minimum absolute atomic E-state index is 0.234. The molecule has 0 aliphatic rings. The molecule has 21 heavy (non-hydrogen) atoms. The number of hydrogen-bond donors (Lipinski definition) is 0. The van der Waals surface area contributed by atoms with Gasteiger partial charge in [0.2, 0.25) is 0 Å². The summed E-state index contributed by atoms with van der Waals surface area (Å²) in [7, 11) is 0. The van der Waals surface area contributed by atoms with Gasteiger partial charge in [-0.25, -0.2) is 13.2 Å². The molecular formula is C15H26F6. The Balaban J connectivity index is 6.45. The molecule has 0 saturated carbocycles. The molecule has 0 aromatic carbocycles. The highest BCUT2D eigenvalue weighted by Gasteiger charge is 2.80. The van der Waals surface area contributed by atoms with E-state index in [2.05, 4.69) is 0 Å². The van der Waals surface area contributed by atoms with Crippen molar-refractivity contribution in [3.63, 3.8) is 0 Å². The minimum Gasteiger partial charge on any atom is -0.226 e. The summed E-state index contributed by atoms with van der Waals surface area (Å²) in [6, 6.07) is 0. The SMILES string of the molecule is CCC(C)(CC)C(F)(F)C(F)(C(F)(F)F)C(C)(CC)CC. The lowest BCUT2D eigenvalue weighted by molar-refractivity contribution is -0.365. The average Bonchev–Trinajstić information content (AvgIpc) is 2.42. The third-order valence-corrected chi connectivity index (χ3v) is 5.53. The van der Waals surface area contributed by atoms with E-state index in [0.717, 1.165) is 13.8 Å². The fraction of sp³-hybridized carbons (Fsp3) is 1.00. The molecule has 0 aromatic rings. The second-order valence-electron chi connectivity index (χ2n) is 6.27. The second kappa shape index (κ2) is 5.99. The molecule has 128 valence electrons. The van der Waals surface area contributed by atoms with Crippen LogP contribution in [-0.2, 0) is 0 Å². The Morgan fingerprint density at radius 1 is 0.571 bits per heavy atom. The molecule has 1 unspecified atom stereocenters. The Hall–Kier alpha value is -0.420. The van der Waals surface area contributed by atoms with Crippen LogP contribution in [0.4, 0.5) is 26.3 Å². The first-order valence-corrected chi connectivity index (χ1v) is 7.38. The molecule has 0 fully saturated rings. The lowest BCUT2D eigenvalue weighted by atomic mass is 9.60. The van der Waals surface area contributed by atoms with Gasteiger partial charge in [0.15, 0.2) is 0 Å². The number of halogens is 6. The molecule has 0 aromatic heterocycles. The van der Waals surface area contributed by atoms with Crippen LogP contribution in [-0.4, -0.2) is 17.8 Å². The van der Waals surface area contributed by atoms with Crippen molar-refractivity contribution in [1.82, 2.24) is 0 Å². The van der Waals surface area contributed by atoms with Gasteiger partial charge in [-0.1, -0.05) is 41.5 Å². The van der Waals surface area contributed by atoms with Gasteiger partial charge in [-0.3, -0.25) is 0 Å². The molecule has 0 aliphatic heterocycles. The first-order valence-electron chi connectivity index (χ1n) is 7.38. The maximum Gasteiger partial charge on any atom is 0.429 e. The third kappa shape index (κ3) is 2.67. The predicted molar refractivity (Wildman–Crippen MR) is 72.2 cm³/mol. The normalized spacial score (nSPS) is 17.7. The quantitative estimate of drug-likeness (QED) is 0.467. The first-order chi connectivity index (χ1) is 9.24. The Morgan fingerprint density at radius 3 is 1.05 bits per heavy atom. The highest BCUT2D eigenvalue weighted by molar-refractivity contribution is 5.14. The zero-order valence-corrected chi connectivity index (χ0v) is 13.6. The smallest absolute Gasteiger partial charge is 0.226 e. The number of rotatable bonds is 7. The van der Waals surface area contributed by atoms with Crippen molar-refractivity contribution in [2.45, 2.75) is 85.0 Å². The highest BCUT2D eigenvalue weighted by Crippen LogP contribution is 2.63. The van der Waals surface area contributed by atoms with E-state index in [9.17, 15) is 22.0 Å². The minimum atomic E-state index is -5.64. The predicted octanol–water partition coefficient (Wildman–Crippen LogP) is 6.54. The molecule has 0 saturated heterocycles. The van der Waals surface area contributed by atoms with Crippen LogP contribution in [0.15, 0.2) is 0 Å². The lowest BCUT2D eigenvalue weighted by Crippen LogP contribution is -2.69. The van der Waals surface area contributed by atoms with E-state index in [1.165, 1.54) is 27.7 Å². The molecule has 0 heterocycles. The Morgan fingerprint density at radius 2 is 0.857 bits per heavy atom. The molecule has 0 rings (SSSR count). The second-order valence-corrected chi connectivity index (χ2v) is 6.27. The molecule has 0 bridgehead atoms. The summed E-state index contributed by atoms with van der Waals surface area (Å²) < 4.78 is 85.0. The summed E-state index contributed by atoms with van der Waals surface area (Å²) in [6.07, 6.45) is -6.75. The Kier molecular flexibility index (Phi) is 5.87. The Bertz CT molecular complexity index is 339. The van der Waals surface area contributed by atoms with Gasteiger partial charge in [-0.15, -0.1) is 0 Å². The molecule has 0 spiro atoms. The molecule has 0 radical (unpaired) electrons. The molecular weight excluding hydrogens is 294 g/mol. The summed E-state index contributed by atoms with van der Waals surface area (Å²) in [6.45, 7) is 7.34. The summed E-state index contributed by atoms with van der Waals surface area (Å²) in [5, 5.41) is 0.